The molecule has 1 N–H and O–H groups in total. The van der Waals surface area contributed by atoms with E-state index >= 15 is 0 Å². The second-order valence-corrected chi connectivity index (χ2v) is 6.77. The lowest BCUT2D eigenvalue weighted by Gasteiger charge is -2.26. The van der Waals surface area contributed by atoms with Crippen molar-refractivity contribution >= 4 is 45.8 Å². The molecule has 3 amide bonds. The molecule has 0 bridgehead atoms. The molecule has 25 heavy (non-hydrogen) atoms. The number of hydrogen-bond donors (Lipinski definition) is 1. The van der Waals surface area contributed by atoms with Crippen LogP contribution in [0.15, 0.2) is 34.3 Å². The van der Waals surface area contributed by atoms with Crippen molar-refractivity contribution in [2.45, 2.75) is 25.7 Å². The van der Waals surface area contributed by atoms with Crippen molar-refractivity contribution in [1.29, 1.82) is 0 Å². The summed E-state index contributed by atoms with van der Waals surface area (Å²) >= 11 is 1.23. The Balaban J connectivity index is 1.59. The van der Waals surface area contributed by atoms with E-state index in [0.29, 0.717) is 10.7 Å². The molecular formula is C16H16N4O4S. The van der Waals surface area contributed by atoms with E-state index in [2.05, 4.69) is 15.3 Å². The number of fused-ring (bicyclic) bond motifs is 1. The van der Waals surface area contributed by atoms with Crippen LogP contribution in [0.1, 0.15) is 25.7 Å². The highest BCUT2D eigenvalue weighted by Gasteiger charge is 2.30. The van der Waals surface area contributed by atoms with Gasteiger partial charge in [-0.1, -0.05) is 24.2 Å². The molecule has 8 nitrogen and oxygen atoms in total. The van der Waals surface area contributed by atoms with Gasteiger partial charge in [0.25, 0.3) is 5.69 Å². The van der Waals surface area contributed by atoms with Gasteiger partial charge in [0.05, 0.1) is 15.7 Å². The van der Waals surface area contributed by atoms with Crippen LogP contribution < -0.4 is 5.32 Å². The molecule has 1 fully saturated rings. The van der Waals surface area contributed by atoms with Gasteiger partial charge in [0.2, 0.25) is 5.91 Å². The third-order valence-corrected chi connectivity index (χ3v) is 5.09. The molecule has 0 aromatic heterocycles. The fourth-order valence-corrected chi connectivity index (χ4v) is 3.83. The van der Waals surface area contributed by atoms with Crippen molar-refractivity contribution in [3.63, 3.8) is 0 Å². The summed E-state index contributed by atoms with van der Waals surface area (Å²) in [7, 11) is 0. The number of aliphatic imine (C=N–C) groups is 2. The van der Waals surface area contributed by atoms with Crippen LogP contribution in [0.2, 0.25) is 0 Å². The first-order chi connectivity index (χ1) is 12.0. The van der Waals surface area contributed by atoms with Crippen LogP contribution in [-0.2, 0) is 4.79 Å². The highest BCUT2D eigenvalue weighted by Crippen LogP contribution is 2.30. The summed E-state index contributed by atoms with van der Waals surface area (Å²) in [6.45, 7) is 0. The van der Waals surface area contributed by atoms with Gasteiger partial charge in [-0.3, -0.25) is 14.9 Å². The zero-order valence-corrected chi connectivity index (χ0v) is 14.1. The average molecular weight is 360 g/mol. The molecule has 1 atom stereocenters. The maximum absolute atomic E-state index is 12.1. The number of amides is 3. The van der Waals surface area contributed by atoms with Crippen LogP contribution in [0.25, 0.3) is 0 Å². The Morgan fingerprint density at radius 3 is 3.00 bits per heavy atom. The molecule has 1 aromatic carbocycles. The number of carbonyl (C=O) groups excluding carboxylic acids is 2. The third-order valence-electron chi connectivity index (χ3n) is 4.01. The number of anilines is 1. The number of urea groups is 1. The van der Waals surface area contributed by atoms with Crippen LogP contribution >= 0.6 is 11.8 Å². The molecule has 1 aliphatic carbocycles. The largest absolute Gasteiger partial charge is 0.367 e. The Bertz CT molecular complexity index is 790. The quantitative estimate of drug-likeness (QED) is 0.652. The Morgan fingerprint density at radius 2 is 2.20 bits per heavy atom. The molecule has 130 valence electrons. The predicted octanol–water partition coefficient (Wildman–Crippen LogP) is 3.43. The normalized spacial score (nSPS) is 19.5. The summed E-state index contributed by atoms with van der Waals surface area (Å²) in [6.07, 6.45) is 3.77. The SMILES string of the molecule is O=C1N=C2CCCCC2C(SCC(=O)Nc2cccc([N+](=O)[O-])c2)=N1. The topological polar surface area (TPSA) is 114 Å². The minimum Gasteiger partial charge on any atom is -0.325 e. The summed E-state index contributed by atoms with van der Waals surface area (Å²) in [4.78, 5) is 41.9. The standard InChI is InChI=1S/C16H16N4O4S/c21-14(17-10-4-3-5-11(8-10)20(23)24)9-25-15-12-6-1-2-7-13(12)18-16(22)19-15/h3-5,8,12H,1-2,6-7,9H2,(H,17,21). The van der Waals surface area contributed by atoms with Gasteiger partial charge in [-0.05, 0) is 25.3 Å². The number of hydrogen-bond acceptors (Lipinski definition) is 5. The molecule has 2 aliphatic rings. The molecular weight excluding hydrogens is 344 g/mol. The van der Waals surface area contributed by atoms with E-state index in [4.69, 9.17) is 0 Å². The van der Waals surface area contributed by atoms with Crippen molar-refractivity contribution in [1.82, 2.24) is 0 Å². The van der Waals surface area contributed by atoms with Crippen LogP contribution in [0, 0.1) is 16.0 Å². The van der Waals surface area contributed by atoms with Crippen molar-refractivity contribution in [2.75, 3.05) is 11.1 Å². The zero-order chi connectivity index (χ0) is 17.8. The van der Waals surface area contributed by atoms with Gasteiger partial charge in [-0.25, -0.2) is 9.79 Å². The van der Waals surface area contributed by atoms with Gasteiger partial charge in [0.1, 0.15) is 0 Å². The second-order valence-electron chi connectivity index (χ2n) is 5.78. The highest BCUT2D eigenvalue weighted by molar-refractivity contribution is 8.14. The van der Waals surface area contributed by atoms with Crippen molar-refractivity contribution in [2.24, 2.45) is 15.9 Å². The lowest BCUT2D eigenvalue weighted by Crippen LogP contribution is -2.31. The molecule has 1 aromatic rings. The minimum atomic E-state index is -0.517. The van der Waals surface area contributed by atoms with E-state index in [1.165, 1.54) is 30.0 Å². The van der Waals surface area contributed by atoms with Gasteiger partial charge >= 0.3 is 6.03 Å². The van der Waals surface area contributed by atoms with Crippen LogP contribution in [-0.4, -0.2) is 33.4 Å². The first-order valence-corrected chi connectivity index (χ1v) is 8.88. The van der Waals surface area contributed by atoms with Gasteiger partial charge in [0, 0.05) is 29.4 Å². The lowest BCUT2D eigenvalue weighted by atomic mass is 9.87. The molecule has 0 radical (unpaired) electrons. The van der Waals surface area contributed by atoms with Gasteiger partial charge < -0.3 is 5.32 Å². The average Bonchev–Trinajstić information content (AvgIpc) is 2.59. The Labute approximate surface area is 148 Å². The number of nitrogens with one attached hydrogen (secondary N) is 1. The maximum Gasteiger partial charge on any atom is 0.367 e. The second kappa shape index (κ2) is 7.56. The Hall–Kier alpha value is -2.55. The number of non-ortho nitro benzene ring substituents is 1. The van der Waals surface area contributed by atoms with E-state index in [1.54, 1.807) is 6.07 Å². The van der Waals surface area contributed by atoms with E-state index in [0.717, 1.165) is 31.4 Å². The molecule has 1 aliphatic heterocycles. The van der Waals surface area contributed by atoms with Crippen LogP contribution in [0.5, 0.6) is 0 Å². The van der Waals surface area contributed by atoms with E-state index in [1.807, 2.05) is 0 Å². The lowest BCUT2D eigenvalue weighted by molar-refractivity contribution is -0.384. The summed E-state index contributed by atoms with van der Waals surface area (Å²) in [5.74, 6) is -0.180. The highest BCUT2D eigenvalue weighted by atomic mass is 32.2. The Morgan fingerprint density at radius 1 is 1.36 bits per heavy atom. The van der Waals surface area contributed by atoms with Crippen LogP contribution in [0.3, 0.4) is 0 Å². The number of nitrogens with zero attached hydrogens (tertiary/aromatic N) is 3. The number of carbonyl (C=O) groups is 2. The zero-order valence-electron chi connectivity index (χ0n) is 13.3. The number of benzene rings is 1. The first kappa shape index (κ1) is 17.3. The number of rotatable bonds is 4. The number of nitro benzene ring substituents is 1. The first-order valence-electron chi connectivity index (χ1n) is 7.90. The van der Waals surface area contributed by atoms with Crippen molar-refractivity contribution in [3.05, 3.63) is 34.4 Å². The molecule has 1 heterocycles. The molecule has 1 saturated carbocycles. The summed E-state index contributed by atoms with van der Waals surface area (Å²) in [5, 5.41) is 14.0. The van der Waals surface area contributed by atoms with Gasteiger partial charge in [-0.15, -0.1) is 0 Å². The van der Waals surface area contributed by atoms with E-state index in [-0.39, 0.29) is 23.3 Å². The van der Waals surface area contributed by atoms with Gasteiger partial charge in [0.15, 0.2) is 0 Å². The molecule has 0 spiro atoms. The van der Waals surface area contributed by atoms with Gasteiger partial charge in [-0.2, -0.15) is 4.99 Å². The fraction of sp³-hybridized carbons (Fsp3) is 0.375. The molecule has 9 heteroatoms. The molecule has 0 saturated heterocycles. The molecule has 3 rings (SSSR count). The summed E-state index contributed by atoms with van der Waals surface area (Å²) < 4.78 is 0. The number of thioether (sulfide) groups is 1. The third kappa shape index (κ3) is 4.30. The van der Waals surface area contributed by atoms with Crippen molar-refractivity contribution < 1.29 is 14.5 Å². The monoisotopic (exact) mass is 360 g/mol. The van der Waals surface area contributed by atoms with E-state index < -0.39 is 11.0 Å². The number of nitro groups is 1. The van der Waals surface area contributed by atoms with Crippen LogP contribution in [0.4, 0.5) is 16.2 Å². The summed E-state index contributed by atoms with van der Waals surface area (Å²) in [6, 6.07) is 5.25. The predicted molar refractivity (Wildman–Crippen MR) is 96.4 cm³/mol. The minimum absolute atomic E-state index is 0.0436. The fourth-order valence-electron chi connectivity index (χ4n) is 2.88. The van der Waals surface area contributed by atoms with Crippen molar-refractivity contribution in [3.8, 4) is 0 Å². The Kier molecular flexibility index (Phi) is 5.22. The maximum atomic E-state index is 12.1. The van der Waals surface area contributed by atoms with E-state index in [9.17, 15) is 19.7 Å². The smallest absolute Gasteiger partial charge is 0.325 e. The summed E-state index contributed by atoms with van der Waals surface area (Å²) in [5.41, 5.74) is 1.14. The molecule has 1 unspecified atom stereocenters.